The van der Waals surface area contributed by atoms with Crippen molar-refractivity contribution in [3.8, 4) is 0 Å². The molecule has 8 nitrogen and oxygen atoms in total. The number of Topliss-reactive ketones (excluding diaryl/α,β-unsaturated/α-hetero) is 1. The molecule has 0 saturated heterocycles. The van der Waals surface area contributed by atoms with Gasteiger partial charge in [0.05, 0.1) is 17.3 Å². The third-order valence-electron chi connectivity index (χ3n) is 5.66. The van der Waals surface area contributed by atoms with E-state index in [0.29, 0.717) is 28.4 Å². The Labute approximate surface area is 178 Å². The number of nitrogens with one attached hydrogen (secondary N) is 2. The Morgan fingerprint density at radius 1 is 1.29 bits per heavy atom. The molecular formula is C22H21FN6O2. The Morgan fingerprint density at radius 2 is 2.10 bits per heavy atom. The first-order valence-corrected chi connectivity index (χ1v) is 9.97. The minimum atomic E-state index is -0.526. The fourth-order valence-electron chi connectivity index (χ4n) is 4.23. The molecule has 2 aromatic carbocycles. The molecule has 0 aliphatic carbocycles. The standard InChI is InChI=1S/C22H21FN6O2/c1-24-9-12-3-5-13(6-4-12)21-19(22-26-11-27-29(22)2)20-18-15(17(30)10-25-20)7-14(23)8-16(18)28-31-21/h3-8,11,19,21,24,28H,9-10H2,1-2H3. The summed E-state index contributed by atoms with van der Waals surface area (Å²) in [6.45, 7) is 0.701. The Hall–Kier alpha value is -3.43. The van der Waals surface area contributed by atoms with E-state index in [1.54, 1.807) is 11.7 Å². The number of rotatable bonds is 4. The highest BCUT2D eigenvalue weighted by atomic mass is 19.1. The highest BCUT2D eigenvalue weighted by Crippen LogP contribution is 2.43. The van der Waals surface area contributed by atoms with Crippen LogP contribution in [0, 0.1) is 5.82 Å². The number of aromatic nitrogens is 3. The van der Waals surface area contributed by atoms with Crippen molar-refractivity contribution in [1.82, 2.24) is 20.1 Å². The van der Waals surface area contributed by atoms with Crippen molar-refractivity contribution in [1.29, 1.82) is 0 Å². The molecule has 5 rings (SSSR count). The normalized spacial score (nSPS) is 20.0. The maximum atomic E-state index is 14.3. The molecule has 2 unspecified atom stereocenters. The lowest BCUT2D eigenvalue weighted by molar-refractivity contribution is 0.0920. The lowest BCUT2D eigenvalue weighted by Gasteiger charge is -2.26. The first-order chi connectivity index (χ1) is 15.1. The van der Waals surface area contributed by atoms with Gasteiger partial charge in [-0.05, 0) is 30.3 Å². The average Bonchev–Trinajstić information content (AvgIpc) is 3.11. The van der Waals surface area contributed by atoms with Gasteiger partial charge in [-0.15, -0.1) is 0 Å². The molecule has 3 aromatic rings. The molecule has 2 N–H and O–H groups in total. The van der Waals surface area contributed by atoms with Gasteiger partial charge in [0, 0.05) is 24.7 Å². The first kappa shape index (κ1) is 19.5. The zero-order valence-electron chi connectivity index (χ0n) is 17.1. The number of anilines is 1. The van der Waals surface area contributed by atoms with Gasteiger partial charge >= 0.3 is 0 Å². The summed E-state index contributed by atoms with van der Waals surface area (Å²) in [6.07, 6.45) is 0.948. The highest BCUT2D eigenvalue weighted by molar-refractivity contribution is 6.20. The van der Waals surface area contributed by atoms with Crippen molar-refractivity contribution in [2.24, 2.45) is 12.0 Å². The second-order valence-corrected chi connectivity index (χ2v) is 7.63. The topological polar surface area (TPSA) is 93.4 Å². The van der Waals surface area contributed by atoms with Crippen LogP contribution in [0.5, 0.6) is 0 Å². The van der Waals surface area contributed by atoms with Gasteiger partial charge in [-0.25, -0.2) is 9.37 Å². The van der Waals surface area contributed by atoms with Crippen molar-refractivity contribution in [2.45, 2.75) is 18.6 Å². The number of carbonyl (C=O) groups excluding carboxylic acids is 1. The summed E-state index contributed by atoms with van der Waals surface area (Å²) in [6, 6.07) is 10.6. The molecule has 9 heteroatoms. The molecule has 3 heterocycles. The van der Waals surface area contributed by atoms with Crippen LogP contribution in [0.4, 0.5) is 10.1 Å². The van der Waals surface area contributed by atoms with E-state index in [-0.39, 0.29) is 12.3 Å². The van der Waals surface area contributed by atoms with Crippen LogP contribution in [-0.2, 0) is 18.4 Å². The maximum absolute atomic E-state index is 14.3. The number of hydrogen-bond donors (Lipinski definition) is 2. The number of nitrogens with zero attached hydrogens (tertiary/aromatic N) is 4. The Bertz CT molecular complexity index is 1190. The molecule has 2 aliphatic rings. The molecule has 0 spiro atoms. The summed E-state index contributed by atoms with van der Waals surface area (Å²) in [7, 11) is 3.70. The van der Waals surface area contributed by atoms with Gasteiger partial charge in [-0.3, -0.25) is 24.8 Å². The summed E-state index contributed by atoms with van der Waals surface area (Å²) < 4.78 is 15.9. The fourth-order valence-corrected chi connectivity index (χ4v) is 4.23. The van der Waals surface area contributed by atoms with Crippen LogP contribution in [0.25, 0.3) is 0 Å². The van der Waals surface area contributed by atoms with Crippen molar-refractivity contribution in [3.05, 3.63) is 76.6 Å². The largest absolute Gasteiger partial charge is 0.316 e. The summed E-state index contributed by atoms with van der Waals surface area (Å²) in [4.78, 5) is 27.7. The second-order valence-electron chi connectivity index (χ2n) is 7.63. The third kappa shape index (κ3) is 3.31. The van der Waals surface area contributed by atoms with E-state index in [2.05, 4.69) is 25.9 Å². The van der Waals surface area contributed by atoms with Gasteiger partial charge in [0.1, 0.15) is 30.6 Å². The van der Waals surface area contributed by atoms with Crippen LogP contribution in [0.15, 0.2) is 47.7 Å². The lowest BCUT2D eigenvalue weighted by Crippen LogP contribution is -2.29. The predicted molar refractivity (Wildman–Crippen MR) is 113 cm³/mol. The SMILES string of the molecule is CNCc1ccc(C2ONc3cc(F)cc4c3C(=NCC4=O)C2c2ncnn2C)cc1. The average molecular weight is 420 g/mol. The van der Waals surface area contributed by atoms with E-state index in [4.69, 9.17) is 4.84 Å². The van der Waals surface area contributed by atoms with E-state index in [1.807, 2.05) is 31.3 Å². The molecule has 0 bridgehead atoms. The van der Waals surface area contributed by atoms with E-state index >= 15 is 0 Å². The van der Waals surface area contributed by atoms with Crippen LogP contribution in [0.1, 0.15) is 44.9 Å². The Morgan fingerprint density at radius 3 is 2.81 bits per heavy atom. The quantitative estimate of drug-likeness (QED) is 0.674. The summed E-state index contributed by atoms with van der Waals surface area (Å²) in [5.74, 6) is -0.548. The smallest absolute Gasteiger partial charge is 0.185 e. The molecule has 0 saturated carbocycles. The van der Waals surface area contributed by atoms with Gasteiger partial charge in [-0.1, -0.05) is 24.3 Å². The Balaban J connectivity index is 1.69. The van der Waals surface area contributed by atoms with Crippen LogP contribution < -0.4 is 10.8 Å². The van der Waals surface area contributed by atoms with Crippen LogP contribution in [-0.4, -0.2) is 39.9 Å². The van der Waals surface area contributed by atoms with E-state index < -0.39 is 17.8 Å². The minimum absolute atomic E-state index is 0.0482. The molecule has 158 valence electrons. The van der Waals surface area contributed by atoms with Gasteiger partial charge in [0.2, 0.25) is 0 Å². The third-order valence-corrected chi connectivity index (χ3v) is 5.66. The van der Waals surface area contributed by atoms with Gasteiger partial charge in [0.15, 0.2) is 5.78 Å². The van der Waals surface area contributed by atoms with Crippen LogP contribution in [0.2, 0.25) is 0 Å². The lowest BCUT2D eigenvalue weighted by atomic mass is 9.83. The number of aliphatic imine (C=N–C) groups is 1. The summed E-state index contributed by atoms with van der Waals surface area (Å²) in [5.41, 5.74) is 6.78. The second kappa shape index (κ2) is 7.68. The molecule has 2 aliphatic heterocycles. The van der Waals surface area contributed by atoms with E-state index in [9.17, 15) is 9.18 Å². The number of carbonyl (C=O) groups is 1. The molecule has 0 radical (unpaired) electrons. The zero-order valence-corrected chi connectivity index (χ0v) is 17.1. The van der Waals surface area contributed by atoms with Crippen molar-refractivity contribution >= 4 is 17.2 Å². The van der Waals surface area contributed by atoms with Crippen LogP contribution >= 0.6 is 0 Å². The number of hydrogen-bond acceptors (Lipinski definition) is 7. The Kier molecular flexibility index (Phi) is 4.84. The number of benzene rings is 2. The molecule has 0 amide bonds. The first-order valence-electron chi connectivity index (χ1n) is 9.97. The van der Waals surface area contributed by atoms with Gasteiger partial charge in [-0.2, -0.15) is 5.10 Å². The monoisotopic (exact) mass is 420 g/mol. The maximum Gasteiger partial charge on any atom is 0.185 e. The van der Waals surface area contributed by atoms with E-state index in [0.717, 1.165) is 17.7 Å². The molecule has 31 heavy (non-hydrogen) atoms. The number of ketones is 1. The predicted octanol–water partition coefficient (Wildman–Crippen LogP) is 2.54. The van der Waals surface area contributed by atoms with Gasteiger partial charge in [0.25, 0.3) is 0 Å². The fraction of sp³-hybridized carbons (Fsp3) is 0.273. The number of aryl methyl sites for hydroxylation is 1. The van der Waals surface area contributed by atoms with Crippen molar-refractivity contribution in [3.63, 3.8) is 0 Å². The molecule has 0 fully saturated rings. The number of halogens is 1. The molecular weight excluding hydrogens is 399 g/mol. The minimum Gasteiger partial charge on any atom is -0.316 e. The van der Waals surface area contributed by atoms with Crippen molar-refractivity contribution < 1.29 is 14.0 Å². The van der Waals surface area contributed by atoms with Gasteiger partial charge < -0.3 is 5.32 Å². The van der Waals surface area contributed by atoms with Crippen molar-refractivity contribution in [2.75, 3.05) is 19.1 Å². The highest BCUT2D eigenvalue weighted by Gasteiger charge is 2.41. The summed E-state index contributed by atoms with van der Waals surface area (Å²) >= 11 is 0. The van der Waals surface area contributed by atoms with Crippen LogP contribution in [0.3, 0.4) is 0 Å². The summed E-state index contributed by atoms with van der Waals surface area (Å²) in [5, 5.41) is 7.35. The zero-order chi connectivity index (χ0) is 21.5. The van der Waals surface area contributed by atoms with E-state index in [1.165, 1.54) is 18.5 Å². The molecule has 1 aromatic heterocycles. The molecule has 2 atom stereocenters.